The van der Waals surface area contributed by atoms with Crippen molar-refractivity contribution in [2.45, 2.75) is 48.8 Å². The van der Waals surface area contributed by atoms with Gasteiger partial charge in [0.15, 0.2) is 0 Å². The number of nitrogens with one attached hydrogen (secondary N) is 1. The number of aliphatic carboxylic acids is 1. The minimum atomic E-state index is -0.828. The van der Waals surface area contributed by atoms with E-state index in [9.17, 15) is 14.7 Å². The van der Waals surface area contributed by atoms with Crippen LogP contribution in [0.15, 0.2) is 29.2 Å². The number of rotatable bonds is 3. The molecule has 0 aromatic heterocycles. The van der Waals surface area contributed by atoms with E-state index in [4.69, 9.17) is 0 Å². The maximum absolute atomic E-state index is 12.5. The van der Waals surface area contributed by atoms with E-state index in [1.807, 2.05) is 24.3 Å². The van der Waals surface area contributed by atoms with E-state index in [0.717, 1.165) is 24.2 Å². The Kier molecular flexibility index (Phi) is 3.69. The summed E-state index contributed by atoms with van der Waals surface area (Å²) in [4.78, 5) is 25.1. The first-order chi connectivity index (χ1) is 10.0. The van der Waals surface area contributed by atoms with Crippen LogP contribution in [0.5, 0.6) is 0 Å². The van der Waals surface area contributed by atoms with Gasteiger partial charge >= 0.3 is 5.97 Å². The molecule has 2 N–H and O–H groups in total. The van der Waals surface area contributed by atoms with E-state index in [-0.39, 0.29) is 17.2 Å². The number of carboxylic acid groups (broad SMARTS) is 1. The second-order valence-electron chi connectivity index (χ2n) is 6.09. The summed E-state index contributed by atoms with van der Waals surface area (Å²) < 4.78 is 0. The lowest BCUT2D eigenvalue weighted by molar-refractivity contribution is -0.149. The number of benzene rings is 1. The molecule has 3 unspecified atom stereocenters. The van der Waals surface area contributed by atoms with Gasteiger partial charge in [-0.05, 0) is 37.8 Å². The molecular weight excluding hydrogens is 286 g/mol. The molecule has 0 radical (unpaired) electrons. The number of carboxylic acids is 1. The van der Waals surface area contributed by atoms with Crippen LogP contribution in [0.1, 0.15) is 31.7 Å². The van der Waals surface area contributed by atoms with Gasteiger partial charge in [0.1, 0.15) is 0 Å². The molecule has 1 amide bonds. The molecule has 1 aliphatic carbocycles. The minimum absolute atomic E-state index is 0.0319. The number of hydrogen-bond acceptors (Lipinski definition) is 3. The zero-order valence-electron chi connectivity index (χ0n) is 12.0. The Labute approximate surface area is 128 Å². The monoisotopic (exact) mass is 305 g/mol. The molecule has 2 aliphatic rings. The van der Waals surface area contributed by atoms with Crippen molar-refractivity contribution >= 4 is 23.6 Å². The maximum Gasteiger partial charge on any atom is 0.311 e. The Morgan fingerprint density at radius 3 is 2.86 bits per heavy atom. The Bertz CT molecular complexity index is 564. The zero-order valence-corrected chi connectivity index (χ0v) is 12.8. The highest BCUT2D eigenvalue weighted by atomic mass is 32.2. The van der Waals surface area contributed by atoms with E-state index < -0.39 is 11.4 Å². The first-order valence-corrected chi connectivity index (χ1v) is 8.17. The summed E-state index contributed by atoms with van der Waals surface area (Å²) in [5, 5.41) is 12.3. The van der Waals surface area contributed by atoms with Gasteiger partial charge in [-0.3, -0.25) is 9.59 Å². The summed E-state index contributed by atoms with van der Waals surface area (Å²) in [6.45, 7) is 1.74. The predicted octanol–water partition coefficient (Wildman–Crippen LogP) is 2.46. The maximum atomic E-state index is 12.5. The van der Waals surface area contributed by atoms with Gasteiger partial charge in [0.2, 0.25) is 5.91 Å². The third-order valence-electron chi connectivity index (χ3n) is 4.70. The third kappa shape index (κ3) is 2.55. The Hall–Kier alpha value is -1.49. The fraction of sp³-hybridized carbons (Fsp3) is 0.500. The van der Waals surface area contributed by atoms with Gasteiger partial charge in [-0.1, -0.05) is 24.6 Å². The van der Waals surface area contributed by atoms with Gasteiger partial charge in [-0.15, -0.1) is 11.8 Å². The highest BCUT2D eigenvalue weighted by molar-refractivity contribution is 8.01. The van der Waals surface area contributed by atoms with E-state index in [0.29, 0.717) is 6.42 Å². The average molecular weight is 305 g/mol. The number of amides is 1. The van der Waals surface area contributed by atoms with Gasteiger partial charge in [0, 0.05) is 10.9 Å². The Morgan fingerprint density at radius 2 is 2.14 bits per heavy atom. The number of carbonyl (C=O) groups is 2. The SMILES string of the molecule is CC1(C(=O)O)CCCC1NC(=O)C1Cc2ccccc2S1. The normalized spacial score (nSPS) is 30.9. The molecule has 1 saturated carbocycles. The number of thioether (sulfide) groups is 1. The molecule has 1 aliphatic heterocycles. The van der Waals surface area contributed by atoms with Crippen molar-refractivity contribution in [3.8, 4) is 0 Å². The lowest BCUT2D eigenvalue weighted by Crippen LogP contribution is -2.49. The molecule has 0 bridgehead atoms. The average Bonchev–Trinajstić information content (AvgIpc) is 3.04. The van der Waals surface area contributed by atoms with Crippen LogP contribution in [0, 0.1) is 5.41 Å². The van der Waals surface area contributed by atoms with Crippen LogP contribution >= 0.6 is 11.8 Å². The molecular formula is C16H19NO3S. The first kappa shape index (κ1) is 14.4. The van der Waals surface area contributed by atoms with Crippen LogP contribution in [0.2, 0.25) is 0 Å². The molecule has 1 fully saturated rings. The minimum Gasteiger partial charge on any atom is -0.481 e. The smallest absolute Gasteiger partial charge is 0.311 e. The molecule has 1 aromatic carbocycles. The first-order valence-electron chi connectivity index (χ1n) is 7.29. The molecule has 5 heteroatoms. The van der Waals surface area contributed by atoms with Gasteiger partial charge in [0.25, 0.3) is 0 Å². The van der Waals surface area contributed by atoms with E-state index in [2.05, 4.69) is 5.32 Å². The van der Waals surface area contributed by atoms with Crippen LogP contribution in [-0.2, 0) is 16.0 Å². The quantitative estimate of drug-likeness (QED) is 0.900. The van der Waals surface area contributed by atoms with Crippen molar-refractivity contribution in [2.24, 2.45) is 5.41 Å². The van der Waals surface area contributed by atoms with Crippen LogP contribution in [-0.4, -0.2) is 28.3 Å². The lowest BCUT2D eigenvalue weighted by atomic mass is 9.85. The number of fused-ring (bicyclic) bond motifs is 1. The summed E-state index contributed by atoms with van der Waals surface area (Å²) in [7, 11) is 0. The van der Waals surface area contributed by atoms with Crippen molar-refractivity contribution in [1.29, 1.82) is 0 Å². The number of carbonyl (C=O) groups excluding carboxylic acids is 1. The summed E-state index contributed by atoms with van der Waals surface area (Å²) in [5.74, 6) is -0.844. The largest absolute Gasteiger partial charge is 0.481 e. The lowest BCUT2D eigenvalue weighted by Gasteiger charge is -2.28. The second-order valence-corrected chi connectivity index (χ2v) is 7.34. The fourth-order valence-electron chi connectivity index (χ4n) is 3.25. The van der Waals surface area contributed by atoms with Crippen molar-refractivity contribution in [1.82, 2.24) is 5.32 Å². The topological polar surface area (TPSA) is 66.4 Å². The standard InChI is InChI=1S/C16H19NO3S/c1-16(15(19)20)8-4-7-13(16)17-14(18)12-9-10-5-2-3-6-11(10)21-12/h2-3,5-6,12-13H,4,7-9H2,1H3,(H,17,18)(H,19,20). The van der Waals surface area contributed by atoms with Gasteiger partial charge in [-0.2, -0.15) is 0 Å². The summed E-state index contributed by atoms with van der Waals surface area (Å²) >= 11 is 1.58. The number of hydrogen-bond donors (Lipinski definition) is 2. The Balaban J connectivity index is 1.67. The van der Waals surface area contributed by atoms with Gasteiger partial charge < -0.3 is 10.4 Å². The van der Waals surface area contributed by atoms with Gasteiger partial charge in [-0.25, -0.2) is 0 Å². The molecule has 0 saturated heterocycles. The third-order valence-corrected chi connectivity index (χ3v) is 6.02. The van der Waals surface area contributed by atoms with Crippen molar-refractivity contribution in [2.75, 3.05) is 0 Å². The van der Waals surface area contributed by atoms with Crippen molar-refractivity contribution < 1.29 is 14.7 Å². The van der Waals surface area contributed by atoms with Gasteiger partial charge in [0.05, 0.1) is 10.7 Å². The molecule has 3 rings (SSSR count). The van der Waals surface area contributed by atoms with Crippen LogP contribution < -0.4 is 5.32 Å². The van der Waals surface area contributed by atoms with E-state index in [1.54, 1.807) is 18.7 Å². The van der Waals surface area contributed by atoms with Crippen molar-refractivity contribution in [3.05, 3.63) is 29.8 Å². The summed E-state index contributed by atoms with van der Waals surface area (Å²) in [6.07, 6.45) is 2.96. The van der Waals surface area contributed by atoms with E-state index >= 15 is 0 Å². The highest BCUT2D eigenvalue weighted by Gasteiger charge is 2.46. The summed E-state index contributed by atoms with van der Waals surface area (Å²) in [6, 6.07) is 7.78. The van der Waals surface area contributed by atoms with Crippen LogP contribution in [0.3, 0.4) is 0 Å². The summed E-state index contributed by atoms with van der Waals surface area (Å²) in [5.41, 5.74) is 0.376. The fourth-order valence-corrected chi connectivity index (χ4v) is 4.45. The van der Waals surface area contributed by atoms with E-state index in [1.165, 1.54) is 5.56 Å². The zero-order chi connectivity index (χ0) is 15.0. The van der Waals surface area contributed by atoms with Crippen LogP contribution in [0.4, 0.5) is 0 Å². The van der Waals surface area contributed by atoms with Crippen LogP contribution in [0.25, 0.3) is 0 Å². The molecule has 0 spiro atoms. The molecule has 112 valence electrons. The predicted molar refractivity (Wildman–Crippen MR) is 81.3 cm³/mol. The van der Waals surface area contributed by atoms with Crippen molar-refractivity contribution in [3.63, 3.8) is 0 Å². The molecule has 1 heterocycles. The molecule has 1 aromatic rings. The Morgan fingerprint density at radius 1 is 1.38 bits per heavy atom. The molecule has 3 atom stereocenters. The molecule has 4 nitrogen and oxygen atoms in total. The highest BCUT2D eigenvalue weighted by Crippen LogP contribution is 2.40. The molecule has 21 heavy (non-hydrogen) atoms. The second kappa shape index (κ2) is 5.37.